The highest BCUT2D eigenvalue weighted by Gasteiger charge is 2.30. The lowest BCUT2D eigenvalue weighted by atomic mass is 9.96. The van der Waals surface area contributed by atoms with Gasteiger partial charge in [0.05, 0.1) is 24.9 Å². The molecule has 1 aromatic heterocycles. The molecule has 116 valence electrons. The highest BCUT2D eigenvalue weighted by molar-refractivity contribution is 5.95. The number of carbonyl (C=O) groups is 1. The van der Waals surface area contributed by atoms with E-state index < -0.39 is 5.82 Å². The van der Waals surface area contributed by atoms with Crippen LogP contribution in [0.5, 0.6) is 5.75 Å². The van der Waals surface area contributed by atoms with Crippen LogP contribution in [0.1, 0.15) is 41.2 Å². The SMILES string of the molecule is COc1ccc(C(=O)N2CCCC[C@@H]2c2cn[nH]c2)c(F)c1. The zero-order valence-corrected chi connectivity index (χ0v) is 12.4. The maximum absolute atomic E-state index is 14.2. The highest BCUT2D eigenvalue weighted by Crippen LogP contribution is 2.32. The minimum Gasteiger partial charge on any atom is -0.497 e. The standard InChI is InChI=1S/C16H18FN3O2/c1-22-12-5-6-13(14(17)8-12)16(21)20-7-3-2-4-15(20)11-9-18-19-10-11/h5-6,8-10,15H,2-4,7H2,1H3,(H,18,19)/t15-/m1/s1. The summed E-state index contributed by atoms with van der Waals surface area (Å²) in [4.78, 5) is 14.5. The Balaban J connectivity index is 1.89. The molecule has 1 N–H and O–H groups in total. The van der Waals surface area contributed by atoms with Crippen molar-refractivity contribution in [1.82, 2.24) is 15.1 Å². The topological polar surface area (TPSA) is 58.2 Å². The van der Waals surface area contributed by atoms with Crippen molar-refractivity contribution in [1.29, 1.82) is 0 Å². The average molecular weight is 303 g/mol. The van der Waals surface area contributed by atoms with Crippen molar-refractivity contribution in [2.75, 3.05) is 13.7 Å². The lowest BCUT2D eigenvalue weighted by Crippen LogP contribution is -2.38. The molecule has 1 atom stereocenters. The smallest absolute Gasteiger partial charge is 0.257 e. The Labute approximate surface area is 128 Å². The van der Waals surface area contributed by atoms with E-state index >= 15 is 0 Å². The number of methoxy groups -OCH3 is 1. The number of aromatic amines is 1. The van der Waals surface area contributed by atoms with Gasteiger partial charge in [-0.25, -0.2) is 4.39 Å². The summed E-state index contributed by atoms with van der Waals surface area (Å²) in [5.74, 6) is -0.439. The zero-order chi connectivity index (χ0) is 15.5. The van der Waals surface area contributed by atoms with E-state index in [1.165, 1.54) is 19.2 Å². The molecule has 1 aliphatic heterocycles. The summed E-state index contributed by atoms with van der Waals surface area (Å²) in [5.41, 5.74) is 1.04. The minimum atomic E-state index is -0.555. The number of ether oxygens (including phenoxy) is 1. The van der Waals surface area contributed by atoms with Crippen molar-refractivity contribution in [3.63, 3.8) is 0 Å². The number of carbonyl (C=O) groups excluding carboxylic acids is 1. The number of amides is 1. The number of nitrogens with one attached hydrogen (secondary N) is 1. The summed E-state index contributed by atoms with van der Waals surface area (Å²) < 4.78 is 19.1. The van der Waals surface area contributed by atoms with Crippen molar-refractivity contribution in [2.45, 2.75) is 25.3 Å². The first-order valence-corrected chi connectivity index (χ1v) is 7.34. The summed E-state index contributed by atoms with van der Waals surface area (Å²) in [6.07, 6.45) is 6.35. The molecule has 1 fully saturated rings. The Morgan fingerprint density at radius 2 is 2.32 bits per heavy atom. The molecule has 1 amide bonds. The number of rotatable bonds is 3. The number of hydrogen-bond donors (Lipinski definition) is 1. The lowest BCUT2D eigenvalue weighted by Gasteiger charge is -2.35. The predicted octanol–water partition coefficient (Wildman–Crippen LogP) is 2.92. The Bertz CT molecular complexity index is 657. The van der Waals surface area contributed by atoms with Crippen molar-refractivity contribution >= 4 is 5.91 Å². The van der Waals surface area contributed by atoms with Crippen LogP contribution >= 0.6 is 0 Å². The molecule has 0 radical (unpaired) electrons. The van der Waals surface area contributed by atoms with Crippen LogP contribution in [-0.2, 0) is 0 Å². The van der Waals surface area contributed by atoms with Crippen LogP contribution in [-0.4, -0.2) is 34.7 Å². The molecule has 0 unspecified atom stereocenters. The number of aromatic nitrogens is 2. The van der Waals surface area contributed by atoms with Crippen molar-refractivity contribution in [3.8, 4) is 5.75 Å². The van der Waals surface area contributed by atoms with E-state index in [4.69, 9.17) is 4.74 Å². The second kappa shape index (κ2) is 6.17. The van der Waals surface area contributed by atoms with Crippen LogP contribution in [0.15, 0.2) is 30.6 Å². The van der Waals surface area contributed by atoms with Gasteiger partial charge in [0, 0.05) is 24.4 Å². The van der Waals surface area contributed by atoms with E-state index in [1.54, 1.807) is 23.4 Å². The molecule has 1 saturated heterocycles. The molecular weight excluding hydrogens is 285 g/mol. The first-order chi connectivity index (χ1) is 10.7. The van der Waals surface area contributed by atoms with Gasteiger partial charge < -0.3 is 9.64 Å². The number of hydrogen-bond acceptors (Lipinski definition) is 3. The minimum absolute atomic E-state index is 0.0542. The molecule has 0 bridgehead atoms. The third kappa shape index (κ3) is 2.68. The fourth-order valence-corrected chi connectivity index (χ4v) is 2.92. The van der Waals surface area contributed by atoms with Gasteiger partial charge in [-0.1, -0.05) is 0 Å². The fourth-order valence-electron chi connectivity index (χ4n) is 2.92. The first kappa shape index (κ1) is 14.6. The Morgan fingerprint density at radius 3 is 3.00 bits per heavy atom. The molecule has 2 heterocycles. The molecule has 22 heavy (non-hydrogen) atoms. The molecule has 0 saturated carbocycles. The predicted molar refractivity (Wildman–Crippen MR) is 79.2 cm³/mol. The van der Waals surface area contributed by atoms with E-state index in [9.17, 15) is 9.18 Å². The van der Waals surface area contributed by atoms with Gasteiger partial charge in [-0.2, -0.15) is 5.10 Å². The second-order valence-corrected chi connectivity index (χ2v) is 5.39. The molecule has 5 nitrogen and oxygen atoms in total. The Kier molecular flexibility index (Phi) is 4.09. The molecule has 0 aliphatic carbocycles. The summed E-state index contributed by atoms with van der Waals surface area (Å²) in [7, 11) is 1.47. The largest absolute Gasteiger partial charge is 0.497 e. The van der Waals surface area contributed by atoms with Gasteiger partial charge in [0.25, 0.3) is 5.91 Å². The van der Waals surface area contributed by atoms with Gasteiger partial charge in [-0.3, -0.25) is 9.89 Å². The van der Waals surface area contributed by atoms with E-state index in [2.05, 4.69) is 10.2 Å². The highest BCUT2D eigenvalue weighted by atomic mass is 19.1. The summed E-state index contributed by atoms with van der Waals surface area (Å²) in [6.45, 7) is 0.625. The number of H-pyrrole nitrogens is 1. The van der Waals surface area contributed by atoms with Crippen LogP contribution in [0.2, 0.25) is 0 Å². The monoisotopic (exact) mass is 303 g/mol. The molecule has 1 aliphatic rings. The third-order valence-corrected chi connectivity index (χ3v) is 4.07. The summed E-state index contributed by atoms with van der Waals surface area (Å²) in [5, 5.41) is 6.72. The van der Waals surface area contributed by atoms with Gasteiger partial charge >= 0.3 is 0 Å². The van der Waals surface area contributed by atoms with Crippen LogP contribution in [0.25, 0.3) is 0 Å². The second-order valence-electron chi connectivity index (χ2n) is 5.39. The third-order valence-electron chi connectivity index (χ3n) is 4.07. The summed E-state index contributed by atoms with van der Waals surface area (Å²) >= 11 is 0. The molecule has 6 heteroatoms. The van der Waals surface area contributed by atoms with E-state index in [1.807, 2.05) is 0 Å². The van der Waals surface area contributed by atoms with Crippen LogP contribution in [0.4, 0.5) is 4.39 Å². The molecule has 2 aromatic rings. The van der Waals surface area contributed by atoms with Crippen molar-refractivity contribution in [2.24, 2.45) is 0 Å². The van der Waals surface area contributed by atoms with Crippen LogP contribution in [0, 0.1) is 5.82 Å². The molecule has 0 spiro atoms. The van der Waals surface area contributed by atoms with E-state index in [0.29, 0.717) is 12.3 Å². The maximum atomic E-state index is 14.2. The number of halogens is 1. The van der Waals surface area contributed by atoms with Gasteiger partial charge in [0.15, 0.2) is 0 Å². The number of nitrogens with zero attached hydrogens (tertiary/aromatic N) is 2. The van der Waals surface area contributed by atoms with Crippen LogP contribution < -0.4 is 4.74 Å². The normalized spacial score (nSPS) is 18.3. The average Bonchev–Trinajstić information content (AvgIpc) is 3.08. The summed E-state index contributed by atoms with van der Waals surface area (Å²) in [6, 6.07) is 4.27. The fraction of sp³-hybridized carbons (Fsp3) is 0.375. The van der Waals surface area contributed by atoms with E-state index in [0.717, 1.165) is 24.8 Å². The molecule has 3 rings (SSSR count). The Morgan fingerprint density at radius 1 is 1.45 bits per heavy atom. The Hall–Kier alpha value is -2.37. The van der Waals surface area contributed by atoms with Crippen molar-refractivity contribution in [3.05, 3.63) is 47.5 Å². The lowest BCUT2D eigenvalue weighted by molar-refractivity contribution is 0.0607. The number of benzene rings is 1. The quantitative estimate of drug-likeness (QED) is 0.948. The first-order valence-electron chi connectivity index (χ1n) is 7.34. The van der Waals surface area contributed by atoms with Gasteiger partial charge in [-0.05, 0) is 31.4 Å². The zero-order valence-electron chi connectivity index (χ0n) is 12.4. The van der Waals surface area contributed by atoms with E-state index in [-0.39, 0.29) is 17.5 Å². The van der Waals surface area contributed by atoms with Crippen molar-refractivity contribution < 1.29 is 13.9 Å². The number of piperidine rings is 1. The maximum Gasteiger partial charge on any atom is 0.257 e. The van der Waals surface area contributed by atoms with Gasteiger partial charge in [0.1, 0.15) is 11.6 Å². The van der Waals surface area contributed by atoms with Gasteiger partial charge in [0.2, 0.25) is 0 Å². The molecular formula is C16H18FN3O2. The van der Waals surface area contributed by atoms with Gasteiger partial charge in [-0.15, -0.1) is 0 Å². The number of likely N-dealkylation sites (tertiary alicyclic amines) is 1. The van der Waals surface area contributed by atoms with Crippen LogP contribution in [0.3, 0.4) is 0 Å². The molecule has 1 aromatic carbocycles.